The lowest BCUT2D eigenvalue weighted by Gasteiger charge is -2.22. The second kappa shape index (κ2) is 8.36. The van der Waals surface area contributed by atoms with E-state index in [0.29, 0.717) is 35.9 Å². The van der Waals surface area contributed by atoms with Gasteiger partial charge in [0.15, 0.2) is 5.75 Å². The van der Waals surface area contributed by atoms with Crippen LogP contribution in [0, 0.1) is 22.6 Å². The first-order valence-electron chi connectivity index (χ1n) is 11.0. The summed E-state index contributed by atoms with van der Waals surface area (Å²) < 4.78 is 20.5. The van der Waals surface area contributed by atoms with E-state index >= 15 is 0 Å². The summed E-state index contributed by atoms with van der Waals surface area (Å²) in [7, 11) is 1.41. The molecule has 1 aliphatic heterocycles. The second-order valence-electron chi connectivity index (χ2n) is 8.63. The Bertz CT molecular complexity index is 1510. The minimum absolute atomic E-state index is 0.135. The van der Waals surface area contributed by atoms with Crippen LogP contribution in [0.5, 0.6) is 5.75 Å². The van der Waals surface area contributed by atoms with Crippen molar-refractivity contribution in [3.8, 4) is 11.8 Å². The summed E-state index contributed by atoms with van der Waals surface area (Å²) in [6.07, 6.45) is 4.48. The fraction of sp³-hybridized carbons (Fsp3) is 0.240. The Labute approximate surface area is 198 Å². The molecule has 1 fully saturated rings. The minimum Gasteiger partial charge on any atom is -0.447 e. The van der Waals surface area contributed by atoms with E-state index < -0.39 is 22.8 Å². The number of aromatic nitrogens is 2. The number of nitrogens with zero attached hydrogens (tertiary/aromatic N) is 3. The van der Waals surface area contributed by atoms with E-state index in [1.165, 1.54) is 36.0 Å². The third kappa shape index (κ3) is 4.01. The summed E-state index contributed by atoms with van der Waals surface area (Å²) in [6, 6.07) is 9.51. The Morgan fingerprint density at radius 2 is 2.00 bits per heavy atom. The van der Waals surface area contributed by atoms with Gasteiger partial charge in [0.1, 0.15) is 16.9 Å². The minimum atomic E-state index is -0.636. The summed E-state index contributed by atoms with van der Waals surface area (Å²) in [6.45, 7) is 0.164. The van der Waals surface area contributed by atoms with Gasteiger partial charge < -0.3 is 15.4 Å². The first-order chi connectivity index (χ1) is 16.8. The van der Waals surface area contributed by atoms with Crippen molar-refractivity contribution in [1.29, 1.82) is 5.26 Å². The topological polar surface area (TPSA) is 126 Å². The van der Waals surface area contributed by atoms with Crippen molar-refractivity contribution >= 4 is 29.0 Å². The molecule has 10 heteroatoms. The molecule has 3 heterocycles. The van der Waals surface area contributed by atoms with Gasteiger partial charge in [-0.25, -0.2) is 4.39 Å². The molecule has 0 radical (unpaired) electrons. The average Bonchev–Trinajstić information content (AvgIpc) is 3.66. The van der Waals surface area contributed by atoms with E-state index in [0.717, 1.165) is 5.56 Å². The molecule has 2 amide bonds. The molecule has 2 aliphatic rings. The van der Waals surface area contributed by atoms with Crippen LogP contribution in [0.15, 0.2) is 47.1 Å². The maximum absolute atomic E-state index is 13.4. The van der Waals surface area contributed by atoms with Crippen molar-refractivity contribution in [2.45, 2.75) is 19.3 Å². The molecule has 2 N–H and O–H groups in total. The van der Waals surface area contributed by atoms with Crippen molar-refractivity contribution < 1.29 is 18.7 Å². The van der Waals surface area contributed by atoms with Crippen LogP contribution in [0.2, 0.25) is 0 Å². The van der Waals surface area contributed by atoms with Crippen LogP contribution in [-0.4, -0.2) is 35.0 Å². The zero-order chi connectivity index (χ0) is 24.7. The van der Waals surface area contributed by atoms with Gasteiger partial charge in [0.2, 0.25) is 5.76 Å². The summed E-state index contributed by atoms with van der Waals surface area (Å²) >= 11 is 0. The molecule has 0 bridgehead atoms. The van der Waals surface area contributed by atoms with Crippen molar-refractivity contribution in [3.05, 3.63) is 75.1 Å². The number of amides is 2. The number of hydrogen-bond donors (Lipinski definition) is 2. The number of nitriles is 1. The number of carbonyl (C=O) groups is 2. The van der Waals surface area contributed by atoms with Crippen molar-refractivity contribution in [2.24, 2.45) is 5.41 Å². The SMILES string of the molecule is CNC(=O)c1cc2ncc(Cc3ccc(F)cc3)c3c2n(c1=O)C=C(C(=O)NCC1(C#N)CC1)O3. The first-order valence-corrected chi connectivity index (χ1v) is 11.0. The largest absolute Gasteiger partial charge is 0.447 e. The van der Waals surface area contributed by atoms with Gasteiger partial charge >= 0.3 is 0 Å². The molecular weight excluding hydrogens is 453 g/mol. The summed E-state index contributed by atoms with van der Waals surface area (Å²) in [5.41, 5.74) is 0.649. The van der Waals surface area contributed by atoms with E-state index in [9.17, 15) is 24.0 Å². The monoisotopic (exact) mass is 473 g/mol. The van der Waals surface area contributed by atoms with E-state index in [-0.39, 0.29) is 29.4 Å². The Morgan fingerprint density at radius 3 is 2.66 bits per heavy atom. The number of nitrogens with one attached hydrogen (secondary N) is 2. The van der Waals surface area contributed by atoms with Crippen molar-refractivity contribution in [2.75, 3.05) is 13.6 Å². The van der Waals surface area contributed by atoms with Gasteiger partial charge in [0, 0.05) is 31.8 Å². The molecule has 9 nitrogen and oxygen atoms in total. The van der Waals surface area contributed by atoms with Crippen LogP contribution in [0.3, 0.4) is 0 Å². The van der Waals surface area contributed by atoms with Gasteiger partial charge in [-0.05, 0) is 36.6 Å². The van der Waals surface area contributed by atoms with E-state index in [1.54, 1.807) is 18.3 Å². The van der Waals surface area contributed by atoms with E-state index in [2.05, 4.69) is 21.7 Å². The molecule has 0 spiro atoms. The predicted molar refractivity (Wildman–Crippen MR) is 124 cm³/mol. The third-order valence-corrected chi connectivity index (χ3v) is 6.22. The third-order valence-electron chi connectivity index (χ3n) is 6.22. The molecule has 3 aromatic rings. The molecule has 176 valence electrons. The van der Waals surface area contributed by atoms with Gasteiger partial charge in [-0.1, -0.05) is 12.1 Å². The smallest absolute Gasteiger partial charge is 0.288 e. The fourth-order valence-electron chi connectivity index (χ4n) is 3.96. The predicted octanol–water partition coefficient (Wildman–Crippen LogP) is 2.10. The number of benzene rings is 1. The first kappa shape index (κ1) is 22.3. The maximum Gasteiger partial charge on any atom is 0.288 e. The average molecular weight is 473 g/mol. The zero-order valence-electron chi connectivity index (χ0n) is 18.7. The van der Waals surface area contributed by atoms with Crippen LogP contribution < -0.4 is 20.9 Å². The Morgan fingerprint density at radius 1 is 1.26 bits per heavy atom. The number of carbonyl (C=O) groups excluding carboxylic acids is 2. The lowest BCUT2D eigenvalue weighted by molar-refractivity contribution is -0.119. The Balaban J connectivity index is 1.60. The van der Waals surface area contributed by atoms with Crippen molar-refractivity contribution in [1.82, 2.24) is 20.2 Å². The Kier molecular flexibility index (Phi) is 5.32. The molecule has 0 saturated heterocycles. The fourth-order valence-corrected chi connectivity index (χ4v) is 3.96. The molecule has 0 atom stereocenters. The quantitative estimate of drug-likeness (QED) is 0.565. The highest BCUT2D eigenvalue weighted by Gasteiger charge is 2.43. The normalized spacial score (nSPS) is 14.9. The summed E-state index contributed by atoms with van der Waals surface area (Å²) in [5, 5.41) is 14.4. The number of pyridine rings is 2. The highest BCUT2D eigenvalue weighted by Crippen LogP contribution is 2.44. The number of halogens is 1. The molecule has 1 saturated carbocycles. The molecule has 1 aromatic carbocycles. The van der Waals surface area contributed by atoms with Gasteiger partial charge in [-0.2, -0.15) is 5.26 Å². The maximum atomic E-state index is 13.4. The van der Waals surface area contributed by atoms with Crippen molar-refractivity contribution in [3.63, 3.8) is 0 Å². The van der Waals surface area contributed by atoms with Crippen LogP contribution in [0.1, 0.15) is 34.3 Å². The van der Waals surface area contributed by atoms with Crippen LogP contribution >= 0.6 is 0 Å². The molecule has 1 aliphatic carbocycles. The lowest BCUT2D eigenvalue weighted by atomic mass is 10.0. The number of hydrogen-bond acceptors (Lipinski definition) is 6. The van der Waals surface area contributed by atoms with Gasteiger partial charge in [-0.3, -0.25) is 23.9 Å². The summed E-state index contributed by atoms with van der Waals surface area (Å²) in [5.74, 6) is -1.46. The second-order valence-corrected chi connectivity index (χ2v) is 8.63. The number of ether oxygens (including phenoxy) is 1. The van der Waals surface area contributed by atoms with Crippen LogP contribution in [0.4, 0.5) is 4.39 Å². The number of rotatable bonds is 6. The van der Waals surface area contributed by atoms with E-state index in [4.69, 9.17) is 4.74 Å². The molecule has 35 heavy (non-hydrogen) atoms. The zero-order valence-corrected chi connectivity index (χ0v) is 18.7. The van der Waals surface area contributed by atoms with Gasteiger partial charge in [-0.15, -0.1) is 0 Å². The highest BCUT2D eigenvalue weighted by atomic mass is 19.1. The Hall–Kier alpha value is -4.52. The van der Waals surface area contributed by atoms with E-state index in [1.807, 2.05) is 0 Å². The molecule has 0 unspecified atom stereocenters. The van der Waals surface area contributed by atoms with Crippen LogP contribution in [0.25, 0.3) is 17.2 Å². The standard InChI is InChI=1S/C25H20FN5O4/c1-28-22(32)17-9-18-20-21(15(10-29-18)8-14-2-4-16(26)5-3-14)35-19(11-31(20)24(17)34)23(33)30-13-25(12-27)6-7-25/h2-5,9-11H,6-8,13H2,1H3,(H,28,32)(H,30,33). The molecular formula is C25H20FN5O4. The van der Waals surface area contributed by atoms with Gasteiger partial charge in [0.05, 0.1) is 23.2 Å². The summed E-state index contributed by atoms with van der Waals surface area (Å²) in [4.78, 5) is 42.9. The molecule has 2 aromatic heterocycles. The highest BCUT2D eigenvalue weighted by molar-refractivity contribution is 6.01. The van der Waals surface area contributed by atoms with Crippen LogP contribution in [-0.2, 0) is 11.2 Å². The lowest BCUT2D eigenvalue weighted by Crippen LogP contribution is -2.35. The molecule has 5 rings (SSSR count). The van der Waals surface area contributed by atoms with Gasteiger partial charge in [0.25, 0.3) is 17.4 Å².